The van der Waals surface area contributed by atoms with Crippen molar-refractivity contribution >= 4 is 21.7 Å². The summed E-state index contributed by atoms with van der Waals surface area (Å²) in [5, 5.41) is 6.57. The van der Waals surface area contributed by atoms with Gasteiger partial charge >= 0.3 is 5.97 Å². The molecule has 2 aromatic carbocycles. The smallest absolute Gasteiger partial charge is 0.331 e. The highest BCUT2D eigenvalue weighted by Gasteiger charge is 2.70. The molecule has 0 radical (unpaired) electrons. The van der Waals surface area contributed by atoms with Crippen LogP contribution in [0, 0.1) is 0 Å². The highest BCUT2D eigenvalue weighted by Crippen LogP contribution is 2.47. The lowest BCUT2D eigenvalue weighted by molar-refractivity contribution is -0.164. The van der Waals surface area contributed by atoms with Crippen molar-refractivity contribution in [3.63, 3.8) is 0 Å². The minimum Gasteiger partial charge on any atom is -0.451 e. The van der Waals surface area contributed by atoms with Gasteiger partial charge in [0.25, 0.3) is 0 Å². The van der Waals surface area contributed by atoms with Crippen LogP contribution in [0.5, 0.6) is 0 Å². The molecule has 3 heterocycles. The fraction of sp³-hybridized carbons (Fsp3) is 0.304. The van der Waals surface area contributed by atoms with E-state index in [0.29, 0.717) is 0 Å². The Hall–Kier alpha value is -3.53. The van der Waals surface area contributed by atoms with E-state index in [-0.39, 0.29) is 18.9 Å². The molecule has 1 amide bonds. The van der Waals surface area contributed by atoms with Crippen LogP contribution in [0.4, 0.5) is 0 Å². The predicted octanol–water partition coefficient (Wildman–Crippen LogP) is 1.72. The van der Waals surface area contributed by atoms with Crippen molar-refractivity contribution in [1.82, 2.24) is 19.9 Å². The van der Waals surface area contributed by atoms with Crippen LogP contribution in [0.2, 0.25) is 0 Å². The van der Waals surface area contributed by atoms with E-state index < -0.39 is 38.1 Å². The molecular formula is C23H22N4O5S. The van der Waals surface area contributed by atoms with Crippen LogP contribution < -0.4 is 0 Å². The molecule has 0 saturated carbocycles. The Morgan fingerprint density at radius 1 is 1.12 bits per heavy atom. The number of esters is 1. The van der Waals surface area contributed by atoms with Crippen molar-refractivity contribution in [2.75, 3.05) is 0 Å². The maximum absolute atomic E-state index is 13.6. The van der Waals surface area contributed by atoms with Gasteiger partial charge in [0, 0.05) is 6.20 Å². The number of carbonyl (C=O) groups is 2. The number of hydrogen-bond acceptors (Lipinski definition) is 7. The molecule has 2 aliphatic rings. The number of aromatic nitrogens is 3. The van der Waals surface area contributed by atoms with E-state index in [1.165, 1.54) is 24.0 Å². The standard InChI is InChI=1S/C23H22N4O5S/c1-23(15-26-13-12-24-25-26)21(27-18(28)14-19(27)33(23,30)31)22(29)32-20(16-8-4-2-5-9-16)17-10-6-3-7-11-17/h2-13,19-21H,14-15H2,1H3/t19?,21-,23+/m0/s1. The maximum Gasteiger partial charge on any atom is 0.331 e. The van der Waals surface area contributed by atoms with Gasteiger partial charge < -0.3 is 9.64 Å². The van der Waals surface area contributed by atoms with Gasteiger partial charge in [0.2, 0.25) is 5.91 Å². The third kappa shape index (κ3) is 3.32. The lowest BCUT2D eigenvalue weighted by Gasteiger charge is -2.37. The van der Waals surface area contributed by atoms with Gasteiger partial charge in [-0.25, -0.2) is 13.2 Å². The maximum atomic E-state index is 13.6. The molecule has 9 nitrogen and oxygen atoms in total. The first-order valence-electron chi connectivity index (χ1n) is 10.5. The Kier molecular flexibility index (Phi) is 5.04. The number of sulfone groups is 1. The molecule has 2 fully saturated rings. The molecule has 0 N–H and O–H groups in total. The van der Waals surface area contributed by atoms with Gasteiger partial charge in [-0.1, -0.05) is 65.9 Å². The molecule has 5 rings (SSSR count). The van der Waals surface area contributed by atoms with Crippen molar-refractivity contribution in [2.24, 2.45) is 0 Å². The molecule has 3 atom stereocenters. The first-order valence-corrected chi connectivity index (χ1v) is 12.1. The van der Waals surface area contributed by atoms with Crippen molar-refractivity contribution in [3.05, 3.63) is 84.2 Å². The third-order valence-corrected chi connectivity index (χ3v) is 9.18. The van der Waals surface area contributed by atoms with Gasteiger partial charge in [-0.15, -0.1) is 5.10 Å². The van der Waals surface area contributed by atoms with Gasteiger partial charge in [-0.3, -0.25) is 9.48 Å². The third-order valence-electron chi connectivity index (χ3n) is 6.42. The summed E-state index contributed by atoms with van der Waals surface area (Å²) < 4.78 is 32.6. The van der Waals surface area contributed by atoms with Crippen molar-refractivity contribution < 1.29 is 22.7 Å². The summed E-state index contributed by atoms with van der Waals surface area (Å²) in [7, 11) is -3.88. The van der Waals surface area contributed by atoms with Gasteiger partial charge in [0.15, 0.2) is 22.0 Å². The molecule has 1 aromatic heterocycles. The Labute approximate surface area is 190 Å². The van der Waals surface area contributed by atoms with E-state index in [9.17, 15) is 18.0 Å². The number of carbonyl (C=O) groups excluding carboxylic acids is 2. The summed E-state index contributed by atoms with van der Waals surface area (Å²) in [5.41, 5.74) is 1.48. The number of hydrogen-bond donors (Lipinski definition) is 0. The second kappa shape index (κ2) is 7.80. The van der Waals surface area contributed by atoms with Crippen LogP contribution in [-0.4, -0.2) is 56.4 Å². The normalized spacial score (nSPS) is 25.5. The summed E-state index contributed by atoms with van der Waals surface area (Å²) in [6.45, 7) is 1.35. The quantitative estimate of drug-likeness (QED) is 0.402. The van der Waals surface area contributed by atoms with Crippen LogP contribution in [0.15, 0.2) is 73.1 Å². The lowest BCUT2D eigenvalue weighted by atomic mass is 9.95. The van der Waals surface area contributed by atoms with Gasteiger partial charge in [0.1, 0.15) is 10.1 Å². The zero-order chi connectivity index (χ0) is 23.2. The average molecular weight is 467 g/mol. The van der Waals surface area contributed by atoms with Crippen LogP contribution in [-0.2, 0) is 30.7 Å². The van der Waals surface area contributed by atoms with E-state index in [2.05, 4.69) is 10.3 Å². The fourth-order valence-corrected chi connectivity index (χ4v) is 7.03. The zero-order valence-corrected chi connectivity index (χ0v) is 18.6. The number of amides is 1. The number of nitrogens with zero attached hydrogens (tertiary/aromatic N) is 4. The summed E-state index contributed by atoms with van der Waals surface area (Å²) in [6, 6.07) is 17.1. The summed E-state index contributed by atoms with van der Waals surface area (Å²) in [4.78, 5) is 27.2. The fourth-order valence-electron chi connectivity index (χ4n) is 4.67. The Balaban J connectivity index is 1.54. The molecule has 33 heavy (non-hydrogen) atoms. The van der Waals surface area contributed by atoms with Crippen molar-refractivity contribution in [1.29, 1.82) is 0 Å². The van der Waals surface area contributed by atoms with Gasteiger partial charge in [-0.05, 0) is 18.1 Å². The molecule has 3 aromatic rings. The molecule has 170 valence electrons. The van der Waals surface area contributed by atoms with E-state index in [0.717, 1.165) is 16.0 Å². The number of fused-ring (bicyclic) bond motifs is 1. The number of β-lactam (4-membered cyclic amide) rings is 1. The highest BCUT2D eigenvalue weighted by molar-refractivity contribution is 7.93. The second-order valence-electron chi connectivity index (χ2n) is 8.46. The number of benzene rings is 2. The molecule has 2 saturated heterocycles. The summed E-state index contributed by atoms with van der Waals surface area (Å²) in [5.74, 6) is -1.15. The largest absolute Gasteiger partial charge is 0.451 e. The minimum absolute atomic E-state index is 0.128. The average Bonchev–Trinajstić information content (AvgIpc) is 3.36. The predicted molar refractivity (Wildman–Crippen MR) is 117 cm³/mol. The van der Waals surface area contributed by atoms with E-state index >= 15 is 0 Å². The molecule has 1 unspecified atom stereocenters. The molecule has 0 bridgehead atoms. The van der Waals surface area contributed by atoms with E-state index in [1.54, 1.807) is 0 Å². The van der Waals surface area contributed by atoms with Crippen molar-refractivity contribution in [2.45, 2.75) is 42.2 Å². The molecule has 10 heteroatoms. The van der Waals surface area contributed by atoms with E-state index in [4.69, 9.17) is 4.74 Å². The van der Waals surface area contributed by atoms with E-state index in [1.807, 2.05) is 60.7 Å². The van der Waals surface area contributed by atoms with Gasteiger partial charge in [-0.2, -0.15) is 0 Å². The van der Waals surface area contributed by atoms with Crippen LogP contribution in [0.25, 0.3) is 0 Å². The van der Waals surface area contributed by atoms with Gasteiger partial charge in [0.05, 0.1) is 19.2 Å². The Bertz CT molecular complexity index is 1240. The molecule has 0 spiro atoms. The van der Waals surface area contributed by atoms with Crippen LogP contribution in [0.1, 0.15) is 30.6 Å². The zero-order valence-electron chi connectivity index (χ0n) is 17.8. The van der Waals surface area contributed by atoms with Crippen LogP contribution >= 0.6 is 0 Å². The van der Waals surface area contributed by atoms with Crippen LogP contribution in [0.3, 0.4) is 0 Å². The SMILES string of the molecule is C[C@@]1(Cn2ccnn2)[C@H](C(=O)OC(c2ccccc2)c2ccccc2)N2C(=O)CC2S1(=O)=O. The molecule has 0 aliphatic carbocycles. The summed E-state index contributed by atoms with van der Waals surface area (Å²) >= 11 is 0. The minimum atomic E-state index is -3.88. The first-order chi connectivity index (χ1) is 15.8. The Morgan fingerprint density at radius 2 is 1.73 bits per heavy atom. The topological polar surface area (TPSA) is 111 Å². The monoisotopic (exact) mass is 466 g/mol. The lowest BCUT2D eigenvalue weighted by Crippen LogP contribution is -2.58. The Morgan fingerprint density at radius 3 is 2.24 bits per heavy atom. The first kappa shape index (κ1) is 21.3. The summed E-state index contributed by atoms with van der Waals surface area (Å²) in [6.07, 6.45) is 2.06. The molecule has 2 aliphatic heterocycles. The number of ether oxygens (including phenoxy) is 1. The molecular weight excluding hydrogens is 444 g/mol. The second-order valence-corrected chi connectivity index (χ2v) is 11.0. The highest BCUT2D eigenvalue weighted by atomic mass is 32.2. The number of rotatable bonds is 6. The van der Waals surface area contributed by atoms with Crippen molar-refractivity contribution in [3.8, 4) is 0 Å².